The Bertz CT molecular complexity index is 955. The number of aryl methyl sites for hydroxylation is 1. The van der Waals surface area contributed by atoms with Crippen LogP contribution in [-0.4, -0.2) is 45.1 Å². The molecule has 0 unspecified atom stereocenters. The molecule has 144 valence electrons. The first-order valence-electron chi connectivity index (χ1n) is 8.04. The molecule has 2 rings (SSSR count). The van der Waals surface area contributed by atoms with Crippen LogP contribution in [0.2, 0.25) is 5.02 Å². The van der Waals surface area contributed by atoms with E-state index in [-0.39, 0.29) is 21.4 Å². The summed E-state index contributed by atoms with van der Waals surface area (Å²) in [4.78, 5) is 25.8. The quantitative estimate of drug-likeness (QED) is 0.685. The molecule has 0 N–H and O–H groups in total. The van der Waals surface area contributed by atoms with Crippen molar-refractivity contribution in [2.75, 3.05) is 19.9 Å². The minimum Gasteiger partial charge on any atom is -0.452 e. The Morgan fingerprint density at radius 2 is 1.74 bits per heavy atom. The minimum atomic E-state index is -3.50. The first-order valence-corrected chi connectivity index (χ1v) is 10.3. The van der Waals surface area contributed by atoms with Crippen LogP contribution < -0.4 is 0 Å². The number of esters is 1. The molecule has 6 nitrogen and oxygen atoms in total. The number of benzene rings is 2. The minimum absolute atomic E-state index is 0.0489. The Kier molecular flexibility index (Phi) is 6.62. The zero-order chi connectivity index (χ0) is 20.2. The highest BCUT2D eigenvalue weighted by atomic mass is 35.5. The number of ether oxygens (including phenoxy) is 1. The summed E-state index contributed by atoms with van der Waals surface area (Å²) in [5.74, 6) is -1.25. The third-order valence-corrected chi connectivity index (χ3v) is 5.32. The summed E-state index contributed by atoms with van der Waals surface area (Å²) in [7, 11) is -1.90. The number of amides is 1. The van der Waals surface area contributed by atoms with Crippen LogP contribution in [0.15, 0.2) is 47.4 Å². The molecule has 0 radical (unpaired) electrons. The van der Waals surface area contributed by atoms with Crippen LogP contribution in [0.1, 0.15) is 21.5 Å². The maximum atomic E-state index is 12.2. The zero-order valence-corrected chi connectivity index (χ0v) is 16.8. The van der Waals surface area contributed by atoms with Gasteiger partial charge in [-0.25, -0.2) is 13.2 Å². The molecular formula is C19H20ClNO5S. The Hall–Kier alpha value is -2.38. The maximum absolute atomic E-state index is 12.2. The lowest BCUT2D eigenvalue weighted by Crippen LogP contribution is -2.30. The normalized spacial score (nSPS) is 11.1. The third kappa shape index (κ3) is 5.80. The second-order valence-electron chi connectivity index (χ2n) is 6.23. The number of carbonyl (C=O) groups is 2. The van der Waals surface area contributed by atoms with Crippen molar-refractivity contribution in [2.24, 2.45) is 0 Å². The second kappa shape index (κ2) is 8.54. The van der Waals surface area contributed by atoms with Crippen LogP contribution in [0.3, 0.4) is 0 Å². The molecule has 2 aromatic carbocycles. The fourth-order valence-electron chi connectivity index (χ4n) is 2.26. The van der Waals surface area contributed by atoms with Crippen molar-refractivity contribution < 1.29 is 22.7 Å². The molecule has 0 saturated carbocycles. The molecule has 0 heterocycles. The van der Waals surface area contributed by atoms with Crippen LogP contribution in [0.4, 0.5) is 0 Å². The van der Waals surface area contributed by atoms with Crippen LogP contribution >= 0.6 is 11.6 Å². The first-order chi connectivity index (χ1) is 12.6. The monoisotopic (exact) mass is 409 g/mol. The van der Waals surface area contributed by atoms with Crippen molar-refractivity contribution in [3.05, 3.63) is 64.2 Å². The van der Waals surface area contributed by atoms with Crippen molar-refractivity contribution in [2.45, 2.75) is 18.4 Å². The number of hydrogen-bond acceptors (Lipinski definition) is 5. The van der Waals surface area contributed by atoms with Gasteiger partial charge in [-0.15, -0.1) is 0 Å². The van der Waals surface area contributed by atoms with Crippen molar-refractivity contribution in [3.8, 4) is 0 Å². The Labute approximate surface area is 163 Å². The Morgan fingerprint density at radius 3 is 2.33 bits per heavy atom. The smallest absolute Gasteiger partial charge is 0.340 e. The van der Waals surface area contributed by atoms with E-state index in [9.17, 15) is 18.0 Å². The summed E-state index contributed by atoms with van der Waals surface area (Å²) in [5, 5.41) is 0.0489. The van der Waals surface area contributed by atoms with Crippen molar-refractivity contribution in [1.29, 1.82) is 0 Å². The highest BCUT2D eigenvalue weighted by Gasteiger charge is 2.19. The fourth-order valence-corrected chi connectivity index (χ4v) is 3.10. The van der Waals surface area contributed by atoms with Crippen LogP contribution in [0, 0.1) is 6.92 Å². The lowest BCUT2D eigenvalue weighted by atomic mass is 10.1. The van der Waals surface area contributed by atoms with Gasteiger partial charge in [0, 0.05) is 19.8 Å². The van der Waals surface area contributed by atoms with Gasteiger partial charge in [-0.3, -0.25) is 4.79 Å². The highest BCUT2D eigenvalue weighted by molar-refractivity contribution is 7.90. The van der Waals surface area contributed by atoms with Crippen LogP contribution in [0.25, 0.3) is 0 Å². The maximum Gasteiger partial charge on any atom is 0.340 e. The SMILES string of the molecule is Cc1ccc(CN(C)C(=O)COC(=O)c2cc(S(C)(=O)=O)ccc2Cl)cc1. The van der Waals surface area contributed by atoms with Crippen LogP contribution in [-0.2, 0) is 25.9 Å². The van der Waals surface area contributed by atoms with Crippen molar-refractivity contribution in [1.82, 2.24) is 4.90 Å². The zero-order valence-electron chi connectivity index (χ0n) is 15.2. The van der Waals surface area contributed by atoms with Gasteiger partial charge in [-0.2, -0.15) is 0 Å². The van der Waals surface area contributed by atoms with E-state index in [1.165, 1.54) is 17.0 Å². The summed E-state index contributed by atoms with van der Waals surface area (Å²) in [6.07, 6.45) is 1.02. The molecule has 0 bridgehead atoms. The molecule has 0 aliphatic carbocycles. The molecular weight excluding hydrogens is 390 g/mol. The number of sulfone groups is 1. The number of nitrogens with zero attached hydrogens (tertiary/aromatic N) is 1. The predicted molar refractivity (Wildman–Crippen MR) is 102 cm³/mol. The lowest BCUT2D eigenvalue weighted by Gasteiger charge is -2.17. The molecule has 1 amide bonds. The molecule has 0 spiro atoms. The molecule has 2 aromatic rings. The van der Waals surface area contributed by atoms with Gasteiger partial charge >= 0.3 is 5.97 Å². The van der Waals surface area contributed by atoms with Gasteiger partial charge in [0.1, 0.15) is 0 Å². The fraction of sp³-hybridized carbons (Fsp3) is 0.263. The lowest BCUT2D eigenvalue weighted by molar-refractivity contribution is -0.133. The summed E-state index contributed by atoms with van der Waals surface area (Å²) >= 11 is 5.95. The van der Waals surface area contributed by atoms with Crippen molar-refractivity contribution >= 4 is 33.3 Å². The Balaban J connectivity index is 2.00. The molecule has 0 fully saturated rings. The topological polar surface area (TPSA) is 80.8 Å². The molecule has 0 aromatic heterocycles. The standard InChI is InChI=1S/C19H20ClNO5S/c1-13-4-6-14(7-5-13)11-21(2)18(22)12-26-19(23)16-10-15(27(3,24)25)8-9-17(16)20/h4-10H,11-12H2,1-3H3. The van der Waals surface area contributed by atoms with Gasteiger partial charge in [0.15, 0.2) is 16.4 Å². The molecule has 0 aliphatic rings. The number of hydrogen-bond donors (Lipinski definition) is 0. The average molecular weight is 410 g/mol. The molecule has 8 heteroatoms. The van der Waals surface area contributed by atoms with E-state index in [1.54, 1.807) is 7.05 Å². The highest BCUT2D eigenvalue weighted by Crippen LogP contribution is 2.21. The number of likely N-dealkylation sites (N-methyl/N-ethyl adjacent to an activating group) is 1. The largest absolute Gasteiger partial charge is 0.452 e. The van der Waals surface area contributed by atoms with E-state index < -0.39 is 22.4 Å². The average Bonchev–Trinajstić information content (AvgIpc) is 2.60. The molecule has 0 saturated heterocycles. The van der Waals surface area contributed by atoms with E-state index in [1.807, 2.05) is 31.2 Å². The van der Waals surface area contributed by atoms with Gasteiger partial charge in [0.2, 0.25) is 0 Å². The van der Waals surface area contributed by atoms with Crippen LogP contribution in [0.5, 0.6) is 0 Å². The van der Waals surface area contributed by atoms with Gasteiger partial charge in [0.05, 0.1) is 15.5 Å². The van der Waals surface area contributed by atoms with Gasteiger partial charge < -0.3 is 9.64 Å². The van der Waals surface area contributed by atoms with Gasteiger partial charge in [-0.05, 0) is 30.7 Å². The van der Waals surface area contributed by atoms with Gasteiger partial charge in [0.25, 0.3) is 5.91 Å². The van der Waals surface area contributed by atoms with E-state index >= 15 is 0 Å². The Morgan fingerprint density at radius 1 is 1.11 bits per heavy atom. The van der Waals surface area contributed by atoms with Gasteiger partial charge in [-0.1, -0.05) is 41.4 Å². The summed E-state index contributed by atoms with van der Waals surface area (Å²) in [5.41, 5.74) is 1.97. The van der Waals surface area contributed by atoms with E-state index in [0.29, 0.717) is 6.54 Å². The number of rotatable bonds is 6. The summed E-state index contributed by atoms with van der Waals surface area (Å²) < 4.78 is 28.2. The predicted octanol–water partition coefficient (Wildman–Crippen LogP) is 2.87. The second-order valence-corrected chi connectivity index (χ2v) is 8.65. The van der Waals surface area contributed by atoms with Crippen molar-refractivity contribution in [3.63, 3.8) is 0 Å². The number of carbonyl (C=O) groups excluding carboxylic acids is 2. The molecule has 27 heavy (non-hydrogen) atoms. The first kappa shape index (κ1) is 20.9. The molecule has 0 aliphatic heterocycles. The number of halogens is 1. The van der Waals surface area contributed by atoms with E-state index in [0.717, 1.165) is 23.4 Å². The van der Waals surface area contributed by atoms with E-state index in [4.69, 9.17) is 16.3 Å². The third-order valence-electron chi connectivity index (χ3n) is 3.88. The summed E-state index contributed by atoms with van der Waals surface area (Å²) in [6, 6.07) is 11.5. The molecule has 0 atom stereocenters. The summed E-state index contributed by atoms with van der Waals surface area (Å²) in [6.45, 7) is 1.88. The van der Waals surface area contributed by atoms with E-state index in [2.05, 4.69) is 0 Å².